The number of benzene rings is 2. The van der Waals surface area contributed by atoms with Crippen molar-refractivity contribution in [2.75, 3.05) is 19.6 Å². The molecule has 0 saturated carbocycles. The smallest absolute Gasteiger partial charge is 0.166 e. The summed E-state index contributed by atoms with van der Waals surface area (Å²) in [7, 11) is 0. The fourth-order valence-corrected chi connectivity index (χ4v) is 3.47. The molecule has 1 aliphatic rings. The predicted octanol–water partition coefficient (Wildman–Crippen LogP) is 3.98. The predicted molar refractivity (Wildman–Crippen MR) is 96.4 cm³/mol. The van der Waals surface area contributed by atoms with Crippen LogP contribution in [0.3, 0.4) is 0 Å². The first-order chi connectivity index (χ1) is 12.0. The molecule has 2 aromatic carbocycles. The Morgan fingerprint density at radius 3 is 2.52 bits per heavy atom. The van der Waals surface area contributed by atoms with E-state index < -0.39 is 0 Å². The maximum absolute atomic E-state index is 12.9. The van der Waals surface area contributed by atoms with Crippen molar-refractivity contribution in [3.8, 4) is 5.75 Å². The molecule has 0 amide bonds. The summed E-state index contributed by atoms with van der Waals surface area (Å²) in [5.41, 5.74) is 2.45. The van der Waals surface area contributed by atoms with E-state index in [4.69, 9.17) is 0 Å². The number of hydrogen-bond acceptors (Lipinski definition) is 3. The highest BCUT2D eigenvalue weighted by atomic mass is 19.1. The van der Waals surface area contributed by atoms with Crippen LogP contribution in [0.4, 0.5) is 4.39 Å². The molecule has 132 valence electrons. The first kappa shape index (κ1) is 17.6. The molecule has 0 aliphatic carbocycles. The molecule has 0 radical (unpaired) electrons. The Bertz CT molecular complexity index is 734. The third-order valence-electron chi connectivity index (χ3n) is 5.16. The van der Waals surface area contributed by atoms with Crippen LogP contribution in [0.1, 0.15) is 34.3 Å². The Labute approximate surface area is 148 Å². The quantitative estimate of drug-likeness (QED) is 0.837. The van der Waals surface area contributed by atoms with Gasteiger partial charge < -0.3 is 10.0 Å². The lowest BCUT2D eigenvalue weighted by Gasteiger charge is -2.31. The van der Waals surface area contributed by atoms with Gasteiger partial charge in [0.25, 0.3) is 0 Å². The van der Waals surface area contributed by atoms with Crippen molar-refractivity contribution in [2.24, 2.45) is 5.92 Å². The molecule has 1 aliphatic heterocycles. The minimum Gasteiger partial charge on any atom is -0.508 e. The summed E-state index contributed by atoms with van der Waals surface area (Å²) < 4.78 is 12.9. The van der Waals surface area contributed by atoms with Crippen molar-refractivity contribution in [1.29, 1.82) is 0 Å². The lowest BCUT2D eigenvalue weighted by molar-refractivity contribution is 0.0840. The van der Waals surface area contributed by atoms with Gasteiger partial charge in [0.15, 0.2) is 5.78 Å². The highest BCUT2D eigenvalue weighted by Gasteiger charge is 2.26. The van der Waals surface area contributed by atoms with E-state index in [1.165, 1.54) is 12.1 Å². The zero-order valence-corrected chi connectivity index (χ0v) is 14.5. The summed E-state index contributed by atoms with van der Waals surface area (Å²) in [5, 5.41) is 9.80. The molecule has 1 saturated heterocycles. The van der Waals surface area contributed by atoms with E-state index in [0.29, 0.717) is 11.1 Å². The number of phenolic OH excluding ortho intramolecular Hbond substituents is 1. The summed E-state index contributed by atoms with van der Waals surface area (Å²) in [6, 6.07) is 11.8. The number of piperidine rings is 1. The number of aromatic hydroxyl groups is 1. The number of carbonyl (C=O) groups excluding carboxylic acids is 1. The topological polar surface area (TPSA) is 40.5 Å². The zero-order valence-electron chi connectivity index (χ0n) is 14.5. The minimum atomic E-state index is -0.203. The normalized spacial score (nSPS) is 16.1. The van der Waals surface area contributed by atoms with Gasteiger partial charge in [-0.2, -0.15) is 0 Å². The monoisotopic (exact) mass is 341 g/mol. The van der Waals surface area contributed by atoms with Crippen molar-refractivity contribution in [2.45, 2.75) is 26.2 Å². The van der Waals surface area contributed by atoms with E-state index in [0.717, 1.165) is 44.5 Å². The molecule has 2 aromatic rings. The van der Waals surface area contributed by atoms with Crippen molar-refractivity contribution in [1.82, 2.24) is 4.90 Å². The first-order valence-corrected chi connectivity index (χ1v) is 8.84. The van der Waals surface area contributed by atoms with Crippen molar-refractivity contribution >= 4 is 5.78 Å². The average Bonchev–Trinajstić information content (AvgIpc) is 2.63. The number of nitrogens with zero attached hydrogens (tertiary/aromatic N) is 1. The van der Waals surface area contributed by atoms with Crippen molar-refractivity contribution < 1.29 is 14.3 Å². The molecule has 3 nitrogen and oxygen atoms in total. The Hall–Kier alpha value is -2.20. The first-order valence-electron chi connectivity index (χ1n) is 8.84. The Balaban J connectivity index is 1.52. The van der Waals surface area contributed by atoms with E-state index in [2.05, 4.69) is 4.90 Å². The molecule has 1 N–H and O–H groups in total. The summed E-state index contributed by atoms with van der Waals surface area (Å²) >= 11 is 0. The van der Waals surface area contributed by atoms with Crippen molar-refractivity contribution in [3.63, 3.8) is 0 Å². The second-order valence-electron chi connectivity index (χ2n) is 6.81. The van der Waals surface area contributed by atoms with Crippen LogP contribution >= 0.6 is 0 Å². The summed E-state index contributed by atoms with van der Waals surface area (Å²) in [4.78, 5) is 15.1. The van der Waals surface area contributed by atoms with Gasteiger partial charge in [-0.05, 0) is 63.0 Å². The number of carbonyl (C=O) groups is 1. The molecule has 0 atom stereocenters. The molecule has 1 heterocycles. The highest BCUT2D eigenvalue weighted by molar-refractivity contribution is 5.99. The van der Waals surface area contributed by atoms with Crippen molar-refractivity contribution in [3.05, 3.63) is 65.0 Å². The third-order valence-corrected chi connectivity index (χ3v) is 5.16. The molecular weight excluding hydrogens is 317 g/mol. The lowest BCUT2D eigenvalue weighted by atomic mass is 9.87. The van der Waals surface area contributed by atoms with E-state index in [-0.39, 0.29) is 23.3 Å². The molecule has 0 bridgehead atoms. The van der Waals surface area contributed by atoms with Gasteiger partial charge in [0, 0.05) is 23.6 Å². The van der Waals surface area contributed by atoms with Crippen LogP contribution in [-0.2, 0) is 6.42 Å². The molecule has 4 heteroatoms. The molecule has 25 heavy (non-hydrogen) atoms. The minimum absolute atomic E-state index is 0.0302. The number of rotatable bonds is 5. The fraction of sp³-hybridized carbons (Fsp3) is 0.381. The van der Waals surface area contributed by atoms with E-state index >= 15 is 0 Å². The van der Waals surface area contributed by atoms with Gasteiger partial charge in [-0.25, -0.2) is 4.39 Å². The molecule has 0 unspecified atom stereocenters. The number of Topliss-reactive ketones (excluding diaryl/α,β-unsaturated/α-hetero) is 1. The van der Waals surface area contributed by atoms with E-state index in [1.54, 1.807) is 25.1 Å². The molecular formula is C21H24FNO2. The standard InChI is InChI=1S/C21H24FNO2/c1-15-19(3-2-4-20(15)24)21(25)17-10-13-23(14-11-17)12-9-16-5-7-18(22)8-6-16/h2-8,17,24H,9-14H2,1H3. The van der Waals surface area contributed by atoms with Crippen LogP contribution in [0, 0.1) is 18.7 Å². The number of halogens is 1. The molecule has 0 aromatic heterocycles. The van der Waals surface area contributed by atoms with Gasteiger partial charge in [0.05, 0.1) is 0 Å². The van der Waals surface area contributed by atoms with Gasteiger partial charge in [-0.1, -0.05) is 24.3 Å². The number of ketones is 1. The van der Waals surface area contributed by atoms with Gasteiger partial charge in [0.1, 0.15) is 11.6 Å². The Kier molecular flexibility index (Phi) is 5.49. The Morgan fingerprint density at radius 2 is 1.84 bits per heavy atom. The summed E-state index contributed by atoms with van der Waals surface area (Å²) in [6.45, 7) is 4.52. The van der Waals surface area contributed by atoms with Crippen LogP contribution in [0.25, 0.3) is 0 Å². The molecule has 3 rings (SSSR count). The van der Waals surface area contributed by atoms with Crippen LogP contribution in [0.5, 0.6) is 5.75 Å². The lowest BCUT2D eigenvalue weighted by Crippen LogP contribution is -2.37. The van der Waals surface area contributed by atoms with Gasteiger partial charge in [-0.3, -0.25) is 4.79 Å². The third kappa shape index (κ3) is 4.26. The Morgan fingerprint density at radius 1 is 1.16 bits per heavy atom. The summed E-state index contributed by atoms with van der Waals surface area (Å²) in [6.07, 6.45) is 2.58. The largest absolute Gasteiger partial charge is 0.508 e. The molecule has 1 fully saturated rings. The number of likely N-dealkylation sites (tertiary alicyclic amines) is 1. The second-order valence-corrected chi connectivity index (χ2v) is 6.81. The van der Waals surface area contributed by atoms with Crippen LogP contribution < -0.4 is 0 Å². The van der Waals surface area contributed by atoms with E-state index in [1.807, 2.05) is 12.1 Å². The van der Waals surface area contributed by atoms with Gasteiger partial charge >= 0.3 is 0 Å². The summed E-state index contributed by atoms with van der Waals surface area (Å²) in [5.74, 6) is 0.155. The van der Waals surface area contributed by atoms with Crippen LogP contribution in [-0.4, -0.2) is 35.4 Å². The number of phenols is 1. The van der Waals surface area contributed by atoms with E-state index in [9.17, 15) is 14.3 Å². The zero-order chi connectivity index (χ0) is 17.8. The van der Waals surface area contributed by atoms with Crippen LogP contribution in [0.15, 0.2) is 42.5 Å². The second kappa shape index (κ2) is 7.79. The maximum Gasteiger partial charge on any atom is 0.166 e. The SMILES string of the molecule is Cc1c(O)cccc1C(=O)C1CCN(CCc2ccc(F)cc2)CC1. The fourth-order valence-electron chi connectivity index (χ4n) is 3.47. The van der Waals surface area contributed by atoms with Crippen LogP contribution in [0.2, 0.25) is 0 Å². The van der Waals surface area contributed by atoms with Gasteiger partial charge in [-0.15, -0.1) is 0 Å². The number of hydrogen-bond donors (Lipinski definition) is 1. The molecule has 0 spiro atoms. The highest BCUT2D eigenvalue weighted by Crippen LogP contribution is 2.27. The maximum atomic E-state index is 12.9. The van der Waals surface area contributed by atoms with Gasteiger partial charge in [0.2, 0.25) is 0 Å². The average molecular weight is 341 g/mol.